The lowest BCUT2D eigenvalue weighted by Crippen LogP contribution is -2.12. The molecule has 0 fully saturated rings. The van der Waals surface area contributed by atoms with Crippen molar-refractivity contribution < 1.29 is 9.18 Å². The zero-order valence-corrected chi connectivity index (χ0v) is 15.8. The van der Waals surface area contributed by atoms with E-state index in [4.69, 9.17) is 0 Å². The molecule has 0 atom stereocenters. The number of nitrogens with zero attached hydrogens (tertiary/aromatic N) is 4. The van der Waals surface area contributed by atoms with Gasteiger partial charge >= 0.3 is 0 Å². The summed E-state index contributed by atoms with van der Waals surface area (Å²) in [7, 11) is 0. The first-order chi connectivity index (χ1) is 13.6. The molecule has 0 saturated heterocycles. The quantitative estimate of drug-likeness (QED) is 0.553. The third-order valence-electron chi connectivity index (χ3n) is 4.10. The first-order valence-electron chi connectivity index (χ1n) is 8.55. The summed E-state index contributed by atoms with van der Waals surface area (Å²) in [6.45, 7) is 2.30. The van der Waals surface area contributed by atoms with Crippen molar-refractivity contribution in [2.45, 2.75) is 13.5 Å². The van der Waals surface area contributed by atoms with Crippen molar-refractivity contribution in [3.8, 4) is 10.6 Å². The van der Waals surface area contributed by atoms with Crippen LogP contribution in [0.5, 0.6) is 0 Å². The number of nitrogens with one attached hydrogen (secondary N) is 1. The lowest BCUT2D eigenvalue weighted by Gasteiger charge is -2.07. The molecule has 0 saturated carbocycles. The predicted octanol–water partition coefficient (Wildman–Crippen LogP) is 4.15. The molecule has 1 N–H and O–H groups in total. The monoisotopic (exact) mass is 393 g/mol. The van der Waals surface area contributed by atoms with Gasteiger partial charge in [0.15, 0.2) is 0 Å². The van der Waals surface area contributed by atoms with Crippen molar-refractivity contribution in [1.82, 2.24) is 19.7 Å². The number of benzene rings is 2. The maximum Gasteiger partial charge on any atom is 0.267 e. The van der Waals surface area contributed by atoms with E-state index in [1.165, 1.54) is 23.7 Å². The molecule has 4 rings (SSSR count). The van der Waals surface area contributed by atoms with Crippen molar-refractivity contribution in [2.75, 3.05) is 5.32 Å². The van der Waals surface area contributed by atoms with E-state index in [-0.39, 0.29) is 11.7 Å². The highest BCUT2D eigenvalue weighted by Crippen LogP contribution is 2.30. The third-order valence-corrected chi connectivity index (χ3v) is 5.29. The molecule has 2 heterocycles. The van der Waals surface area contributed by atoms with Gasteiger partial charge in [-0.15, -0.1) is 11.3 Å². The van der Waals surface area contributed by atoms with Gasteiger partial charge < -0.3 is 5.32 Å². The fourth-order valence-electron chi connectivity index (χ4n) is 2.79. The molecule has 0 aliphatic carbocycles. The molecule has 8 heteroatoms. The maximum atomic E-state index is 14.0. The summed E-state index contributed by atoms with van der Waals surface area (Å²) < 4.78 is 15.7. The van der Waals surface area contributed by atoms with Crippen LogP contribution in [0.1, 0.15) is 20.9 Å². The summed E-state index contributed by atoms with van der Waals surface area (Å²) in [4.78, 5) is 21.5. The number of aromatic nitrogens is 4. The fourth-order valence-corrected chi connectivity index (χ4v) is 3.78. The molecule has 140 valence electrons. The van der Waals surface area contributed by atoms with E-state index in [2.05, 4.69) is 20.4 Å². The first-order valence-corrected chi connectivity index (χ1v) is 9.37. The Labute approximate surface area is 164 Å². The Morgan fingerprint density at radius 3 is 2.86 bits per heavy atom. The minimum absolute atomic E-state index is 0.268. The molecule has 0 radical (unpaired) electrons. The fraction of sp³-hybridized carbons (Fsp3) is 0.100. The number of rotatable bonds is 5. The molecule has 6 nitrogen and oxygen atoms in total. The molecular formula is C20H16FN5OS. The maximum absolute atomic E-state index is 14.0. The number of halogens is 1. The first kappa shape index (κ1) is 18.0. The van der Waals surface area contributed by atoms with E-state index < -0.39 is 0 Å². The molecule has 0 unspecified atom stereocenters. The van der Waals surface area contributed by atoms with Crippen LogP contribution in [0.15, 0.2) is 61.2 Å². The Balaban J connectivity index is 1.54. The van der Waals surface area contributed by atoms with Gasteiger partial charge in [0.05, 0.1) is 12.2 Å². The van der Waals surface area contributed by atoms with Gasteiger partial charge in [-0.2, -0.15) is 5.10 Å². The zero-order chi connectivity index (χ0) is 19.5. The average Bonchev–Trinajstić information content (AvgIpc) is 3.32. The van der Waals surface area contributed by atoms with Crippen LogP contribution in [-0.4, -0.2) is 25.7 Å². The number of carbonyl (C=O) groups excluding carboxylic acids is 1. The minimum atomic E-state index is -0.357. The summed E-state index contributed by atoms with van der Waals surface area (Å²) in [5.74, 6) is -0.625. The van der Waals surface area contributed by atoms with E-state index in [1.54, 1.807) is 36.1 Å². The van der Waals surface area contributed by atoms with E-state index in [0.717, 1.165) is 5.56 Å². The van der Waals surface area contributed by atoms with Crippen LogP contribution in [0.25, 0.3) is 10.6 Å². The van der Waals surface area contributed by atoms with Gasteiger partial charge in [0.1, 0.15) is 28.4 Å². The highest BCUT2D eigenvalue weighted by atomic mass is 32.1. The number of anilines is 1. The van der Waals surface area contributed by atoms with Crippen molar-refractivity contribution in [3.63, 3.8) is 0 Å². The minimum Gasteiger partial charge on any atom is -0.321 e. The standard InChI is InChI=1S/C20H16FN5OS/c1-13-18(28-20(24-13)16-7-2-3-8-17(16)21)19(27)25-15-6-4-5-14(9-15)10-26-12-22-11-23-26/h2-9,11-12H,10H2,1H3,(H,25,27). The van der Waals surface area contributed by atoms with Crippen LogP contribution in [0.3, 0.4) is 0 Å². The molecule has 2 aromatic carbocycles. The smallest absolute Gasteiger partial charge is 0.267 e. The second-order valence-corrected chi connectivity index (χ2v) is 7.16. The molecule has 2 aromatic heterocycles. The Bertz CT molecular complexity index is 1120. The zero-order valence-electron chi connectivity index (χ0n) is 15.0. The van der Waals surface area contributed by atoms with Gasteiger partial charge in [-0.25, -0.2) is 19.0 Å². The molecular weight excluding hydrogens is 377 g/mol. The van der Waals surface area contributed by atoms with Crippen molar-refractivity contribution in [1.29, 1.82) is 0 Å². The number of hydrogen-bond donors (Lipinski definition) is 1. The molecule has 0 bridgehead atoms. The van der Waals surface area contributed by atoms with Gasteiger partial charge in [0, 0.05) is 11.3 Å². The summed E-state index contributed by atoms with van der Waals surface area (Å²) in [6, 6.07) is 13.9. The Morgan fingerprint density at radius 2 is 2.07 bits per heavy atom. The summed E-state index contributed by atoms with van der Waals surface area (Å²) in [5.41, 5.74) is 2.61. The second kappa shape index (κ2) is 7.69. The van der Waals surface area contributed by atoms with Crippen LogP contribution in [-0.2, 0) is 6.54 Å². The Kier molecular flexibility index (Phi) is 4.94. The van der Waals surface area contributed by atoms with E-state index in [1.807, 2.05) is 24.3 Å². The molecule has 0 aliphatic rings. The molecule has 28 heavy (non-hydrogen) atoms. The number of amides is 1. The largest absolute Gasteiger partial charge is 0.321 e. The van der Waals surface area contributed by atoms with E-state index in [9.17, 15) is 9.18 Å². The normalized spacial score (nSPS) is 10.8. The van der Waals surface area contributed by atoms with Gasteiger partial charge in [0.25, 0.3) is 5.91 Å². The Hall–Kier alpha value is -3.39. The van der Waals surface area contributed by atoms with Crippen LogP contribution in [0.4, 0.5) is 10.1 Å². The van der Waals surface area contributed by atoms with Crippen LogP contribution in [0.2, 0.25) is 0 Å². The second-order valence-electron chi connectivity index (χ2n) is 6.16. The van der Waals surface area contributed by atoms with Crippen LogP contribution >= 0.6 is 11.3 Å². The van der Waals surface area contributed by atoms with E-state index >= 15 is 0 Å². The number of hydrogen-bond acceptors (Lipinski definition) is 5. The average molecular weight is 393 g/mol. The van der Waals surface area contributed by atoms with Crippen molar-refractivity contribution in [3.05, 3.63) is 83.1 Å². The van der Waals surface area contributed by atoms with Crippen LogP contribution in [0, 0.1) is 12.7 Å². The van der Waals surface area contributed by atoms with Gasteiger partial charge in [-0.05, 0) is 36.8 Å². The molecule has 1 amide bonds. The highest BCUT2D eigenvalue weighted by molar-refractivity contribution is 7.17. The summed E-state index contributed by atoms with van der Waals surface area (Å²) in [5, 5.41) is 7.46. The van der Waals surface area contributed by atoms with E-state index in [0.29, 0.717) is 33.4 Å². The number of thiazole rings is 1. The molecule has 0 spiro atoms. The Morgan fingerprint density at radius 1 is 1.21 bits per heavy atom. The lowest BCUT2D eigenvalue weighted by atomic mass is 10.2. The third kappa shape index (κ3) is 3.81. The highest BCUT2D eigenvalue weighted by Gasteiger charge is 2.18. The molecule has 0 aliphatic heterocycles. The number of carbonyl (C=O) groups is 1. The lowest BCUT2D eigenvalue weighted by molar-refractivity contribution is 0.103. The predicted molar refractivity (Wildman–Crippen MR) is 106 cm³/mol. The molecule has 4 aromatic rings. The summed E-state index contributed by atoms with van der Waals surface area (Å²) in [6.07, 6.45) is 3.11. The van der Waals surface area contributed by atoms with Crippen molar-refractivity contribution in [2.24, 2.45) is 0 Å². The van der Waals surface area contributed by atoms with Crippen molar-refractivity contribution >= 4 is 22.9 Å². The van der Waals surface area contributed by atoms with Gasteiger partial charge in [-0.3, -0.25) is 4.79 Å². The van der Waals surface area contributed by atoms with Gasteiger partial charge in [0.2, 0.25) is 0 Å². The SMILES string of the molecule is Cc1nc(-c2ccccc2F)sc1C(=O)Nc1cccc(Cn2cncn2)c1. The topological polar surface area (TPSA) is 72.7 Å². The van der Waals surface area contributed by atoms with Crippen LogP contribution < -0.4 is 5.32 Å². The summed E-state index contributed by atoms with van der Waals surface area (Å²) >= 11 is 1.18. The van der Waals surface area contributed by atoms with Gasteiger partial charge in [-0.1, -0.05) is 24.3 Å². The number of aryl methyl sites for hydroxylation is 1.